The van der Waals surface area contributed by atoms with Crippen LogP contribution in [0.4, 0.5) is 17.1 Å². The van der Waals surface area contributed by atoms with Crippen LogP contribution in [0.1, 0.15) is 55.4 Å². The Kier molecular flexibility index (Phi) is 6.77. The highest BCUT2D eigenvalue weighted by Crippen LogP contribution is 2.58. The number of hydrogen-bond donors (Lipinski definition) is 1. The molecule has 0 saturated carbocycles. The van der Waals surface area contributed by atoms with Gasteiger partial charge in [0, 0.05) is 57.6 Å². The Morgan fingerprint density at radius 3 is 2.11 bits per heavy atom. The number of benzene rings is 6. The van der Waals surface area contributed by atoms with E-state index in [1.807, 2.05) is 0 Å². The van der Waals surface area contributed by atoms with Crippen LogP contribution in [-0.2, 0) is 19.0 Å². The Hall–Kier alpha value is -4.86. The number of hydrogen-bond acceptors (Lipinski definition) is 2. The third-order valence-electron chi connectivity index (χ3n) is 10.6. The number of aryl methyl sites for hydroxylation is 2. The Labute approximate surface area is 271 Å². The van der Waals surface area contributed by atoms with Gasteiger partial charge in [-0.15, -0.1) is 0 Å². The molecule has 3 nitrogen and oxygen atoms in total. The van der Waals surface area contributed by atoms with Crippen molar-refractivity contribution in [2.75, 3.05) is 4.90 Å². The fourth-order valence-electron chi connectivity index (χ4n) is 8.36. The van der Waals surface area contributed by atoms with Gasteiger partial charge in [0.2, 0.25) is 0 Å². The SMILES string of the molecule is CCCC1(CC)c2cc(CN)ccc2-c2c1cc(N(c1ccc(C)cc1)c1ccc3c(c1)c1ccccc1n3C)c1ccccc21. The second-order valence-corrected chi connectivity index (χ2v) is 13.1. The van der Waals surface area contributed by atoms with E-state index < -0.39 is 0 Å². The van der Waals surface area contributed by atoms with Gasteiger partial charge in [-0.25, -0.2) is 0 Å². The van der Waals surface area contributed by atoms with E-state index >= 15 is 0 Å². The van der Waals surface area contributed by atoms with Crippen molar-refractivity contribution in [2.45, 2.75) is 52.0 Å². The second-order valence-electron chi connectivity index (χ2n) is 13.1. The third-order valence-corrected chi connectivity index (χ3v) is 10.6. The van der Waals surface area contributed by atoms with Crippen molar-refractivity contribution in [3.63, 3.8) is 0 Å². The maximum atomic E-state index is 6.21. The largest absolute Gasteiger partial charge is 0.344 e. The molecule has 46 heavy (non-hydrogen) atoms. The predicted octanol–water partition coefficient (Wildman–Crippen LogP) is 11.2. The van der Waals surface area contributed by atoms with Crippen LogP contribution in [0.3, 0.4) is 0 Å². The minimum atomic E-state index is -0.0675. The summed E-state index contributed by atoms with van der Waals surface area (Å²) in [7, 11) is 2.17. The molecule has 0 fully saturated rings. The van der Waals surface area contributed by atoms with E-state index in [1.165, 1.54) is 71.6 Å². The predicted molar refractivity (Wildman–Crippen MR) is 197 cm³/mol. The fourth-order valence-corrected chi connectivity index (χ4v) is 8.36. The Morgan fingerprint density at radius 2 is 1.37 bits per heavy atom. The summed E-state index contributed by atoms with van der Waals surface area (Å²) in [5.74, 6) is 0. The van der Waals surface area contributed by atoms with Crippen LogP contribution >= 0.6 is 0 Å². The van der Waals surface area contributed by atoms with Gasteiger partial charge in [-0.1, -0.05) is 98.6 Å². The minimum Gasteiger partial charge on any atom is -0.344 e. The molecule has 0 bridgehead atoms. The van der Waals surface area contributed by atoms with Gasteiger partial charge in [0.05, 0.1) is 5.69 Å². The number of fused-ring (bicyclic) bond motifs is 8. The number of para-hydroxylation sites is 1. The van der Waals surface area contributed by atoms with Crippen LogP contribution in [-0.4, -0.2) is 4.57 Å². The average molecular weight is 600 g/mol. The van der Waals surface area contributed by atoms with Crippen LogP contribution < -0.4 is 10.6 Å². The fraction of sp³-hybridized carbons (Fsp3) is 0.209. The normalized spacial score (nSPS) is 15.5. The standard InChI is InChI=1S/C43H41N3/c1-5-23-43(6-2)37-24-29(27-44)17-21-35(37)42-34-13-8-7-11-32(34)41(26-38(42)43)46(30-18-15-28(3)16-19-30)31-20-22-40-36(25-31)33-12-9-10-14-39(33)45(40)4/h7-22,24-26H,5-6,23,27,44H2,1-4H3. The van der Waals surface area contributed by atoms with Crippen molar-refractivity contribution in [3.8, 4) is 11.1 Å². The van der Waals surface area contributed by atoms with Crippen molar-refractivity contribution in [1.29, 1.82) is 0 Å². The quantitative estimate of drug-likeness (QED) is 0.198. The van der Waals surface area contributed by atoms with Gasteiger partial charge in [-0.3, -0.25) is 0 Å². The monoisotopic (exact) mass is 599 g/mol. The molecule has 228 valence electrons. The highest BCUT2D eigenvalue weighted by Gasteiger charge is 2.43. The van der Waals surface area contributed by atoms with E-state index in [1.54, 1.807) is 0 Å². The molecule has 6 aromatic carbocycles. The lowest BCUT2D eigenvalue weighted by Gasteiger charge is -2.33. The highest BCUT2D eigenvalue weighted by molar-refractivity contribution is 6.12. The van der Waals surface area contributed by atoms with Crippen LogP contribution in [0.5, 0.6) is 0 Å². The van der Waals surface area contributed by atoms with Gasteiger partial charge in [-0.2, -0.15) is 0 Å². The third kappa shape index (κ3) is 4.08. The smallest absolute Gasteiger partial charge is 0.0543 e. The Bertz CT molecular complexity index is 2270. The average Bonchev–Trinajstić information content (AvgIpc) is 3.54. The van der Waals surface area contributed by atoms with Crippen molar-refractivity contribution in [1.82, 2.24) is 4.57 Å². The lowest BCUT2D eigenvalue weighted by atomic mass is 9.72. The molecule has 2 N–H and O–H groups in total. The summed E-state index contributed by atoms with van der Waals surface area (Å²) in [6.45, 7) is 7.40. The highest BCUT2D eigenvalue weighted by atomic mass is 15.1. The molecule has 1 aliphatic rings. The van der Waals surface area contributed by atoms with Crippen LogP contribution in [0, 0.1) is 6.92 Å². The molecule has 8 rings (SSSR count). The molecular weight excluding hydrogens is 558 g/mol. The number of anilines is 3. The molecule has 3 heteroatoms. The van der Waals surface area contributed by atoms with Gasteiger partial charge in [0.15, 0.2) is 0 Å². The zero-order valence-electron chi connectivity index (χ0n) is 27.3. The van der Waals surface area contributed by atoms with E-state index in [2.05, 4.69) is 153 Å². The van der Waals surface area contributed by atoms with E-state index in [0.29, 0.717) is 6.54 Å². The van der Waals surface area contributed by atoms with Crippen molar-refractivity contribution in [3.05, 3.63) is 138 Å². The maximum Gasteiger partial charge on any atom is 0.0543 e. The molecule has 1 heterocycles. The molecule has 0 saturated heterocycles. The summed E-state index contributed by atoms with van der Waals surface area (Å²) < 4.78 is 2.31. The lowest BCUT2D eigenvalue weighted by molar-refractivity contribution is 0.461. The molecule has 1 unspecified atom stereocenters. The topological polar surface area (TPSA) is 34.2 Å². The van der Waals surface area contributed by atoms with Crippen LogP contribution in [0.2, 0.25) is 0 Å². The number of nitrogens with two attached hydrogens (primary N) is 1. The van der Waals surface area contributed by atoms with E-state index in [-0.39, 0.29) is 5.41 Å². The Balaban J connectivity index is 1.46. The van der Waals surface area contributed by atoms with Crippen LogP contribution in [0.25, 0.3) is 43.7 Å². The number of aromatic nitrogens is 1. The molecular formula is C43H41N3. The van der Waals surface area contributed by atoms with Gasteiger partial charge in [-0.05, 0) is 95.4 Å². The zero-order valence-corrected chi connectivity index (χ0v) is 27.3. The molecule has 0 radical (unpaired) electrons. The summed E-state index contributed by atoms with van der Waals surface area (Å²) in [6, 6.07) is 43.2. The van der Waals surface area contributed by atoms with E-state index in [9.17, 15) is 0 Å². The van der Waals surface area contributed by atoms with Crippen LogP contribution in [0.15, 0.2) is 115 Å². The van der Waals surface area contributed by atoms with Gasteiger partial charge >= 0.3 is 0 Å². The van der Waals surface area contributed by atoms with Gasteiger partial charge < -0.3 is 15.2 Å². The molecule has 7 aromatic rings. The summed E-state index contributed by atoms with van der Waals surface area (Å²) in [5.41, 5.74) is 20.3. The second kappa shape index (κ2) is 10.9. The van der Waals surface area contributed by atoms with Crippen molar-refractivity contribution < 1.29 is 0 Å². The first-order chi connectivity index (χ1) is 22.5. The molecule has 1 aliphatic carbocycles. The first kappa shape index (κ1) is 28.6. The zero-order chi connectivity index (χ0) is 31.6. The molecule has 1 atom stereocenters. The summed E-state index contributed by atoms with van der Waals surface area (Å²) in [4.78, 5) is 2.49. The first-order valence-corrected chi connectivity index (χ1v) is 16.7. The molecule has 0 amide bonds. The van der Waals surface area contributed by atoms with E-state index in [4.69, 9.17) is 5.73 Å². The first-order valence-electron chi connectivity index (χ1n) is 16.7. The molecule has 0 spiro atoms. The maximum absolute atomic E-state index is 6.21. The van der Waals surface area contributed by atoms with Crippen molar-refractivity contribution >= 4 is 49.6 Å². The Morgan fingerprint density at radius 1 is 0.674 bits per heavy atom. The molecule has 0 aliphatic heterocycles. The lowest BCUT2D eigenvalue weighted by Crippen LogP contribution is -2.25. The summed E-state index contributed by atoms with van der Waals surface area (Å²) in [5, 5.41) is 5.13. The minimum absolute atomic E-state index is 0.0675. The molecule has 1 aromatic heterocycles. The van der Waals surface area contributed by atoms with Gasteiger partial charge in [0.25, 0.3) is 0 Å². The summed E-state index contributed by atoms with van der Waals surface area (Å²) in [6.07, 6.45) is 3.25. The number of rotatable bonds is 7. The summed E-state index contributed by atoms with van der Waals surface area (Å²) >= 11 is 0. The number of nitrogens with zero attached hydrogens (tertiary/aromatic N) is 2. The van der Waals surface area contributed by atoms with Crippen molar-refractivity contribution in [2.24, 2.45) is 12.8 Å². The van der Waals surface area contributed by atoms with Gasteiger partial charge in [0.1, 0.15) is 0 Å². The van der Waals surface area contributed by atoms with E-state index in [0.717, 1.165) is 30.6 Å².